The fourth-order valence-electron chi connectivity index (χ4n) is 4.13. The molecule has 3 rings (SSSR count). The van der Waals surface area contributed by atoms with Gasteiger partial charge in [-0.05, 0) is 43.3 Å². The van der Waals surface area contributed by atoms with Gasteiger partial charge in [-0.2, -0.15) is 0 Å². The molecule has 188 valence electrons. The van der Waals surface area contributed by atoms with E-state index in [1.165, 1.54) is 36.1 Å². The zero-order chi connectivity index (χ0) is 25.7. The van der Waals surface area contributed by atoms with Gasteiger partial charge in [0.2, 0.25) is 5.91 Å². The molecule has 0 radical (unpaired) electrons. The number of hydrogen-bond donors (Lipinski definition) is 1. The first-order valence-corrected chi connectivity index (χ1v) is 11.5. The summed E-state index contributed by atoms with van der Waals surface area (Å²) in [6.07, 6.45) is -0.294. The van der Waals surface area contributed by atoms with Crippen molar-refractivity contribution in [1.82, 2.24) is 9.80 Å². The molecule has 0 unspecified atom stereocenters. The Labute approximate surface area is 205 Å². The van der Waals surface area contributed by atoms with Crippen molar-refractivity contribution in [1.29, 1.82) is 0 Å². The van der Waals surface area contributed by atoms with E-state index in [4.69, 9.17) is 9.47 Å². The van der Waals surface area contributed by atoms with Gasteiger partial charge in [0.15, 0.2) is 0 Å². The minimum atomic E-state index is -0.518. The molecule has 0 bridgehead atoms. The summed E-state index contributed by atoms with van der Waals surface area (Å²) in [5.74, 6) is -1.08. The molecule has 0 saturated heterocycles. The normalized spacial score (nSPS) is 21.3. The highest BCUT2D eigenvalue weighted by Crippen LogP contribution is 2.27. The number of likely N-dealkylation sites (N-methyl/N-ethyl adjacent to an activating group) is 1. The molecule has 0 saturated carbocycles. The summed E-state index contributed by atoms with van der Waals surface area (Å²) in [7, 11) is 3.25. The van der Waals surface area contributed by atoms with Crippen LogP contribution in [0.5, 0.6) is 5.75 Å². The Morgan fingerprint density at radius 3 is 2.54 bits per heavy atom. The van der Waals surface area contributed by atoms with Gasteiger partial charge in [0.05, 0.1) is 17.7 Å². The number of carbonyl (C=O) groups is 3. The summed E-state index contributed by atoms with van der Waals surface area (Å²) >= 11 is 0. The maximum absolute atomic E-state index is 13.5. The molecule has 0 spiro atoms. The van der Waals surface area contributed by atoms with Gasteiger partial charge in [-0.3, -0.25) is 14.4 Å². The van der Waals surface area contributed by atoms with Gasteiger partial charge in [-0.15, -0.1) is 0 Å². The number of methoxy groups -OCH3 is 1. The van der Waals surface area contributed by atoms with Crippen LogP contribution in [0.4, 0.5) is 10.1 Å². The maximum atomic E-state index is 13.5. The van der Waals surface area contributed by atoms with Gasteiger partial charge in [0.1, 0.15) is 18.2 Å². The second-order valence-electron chi connectivity index (χ2n) is 8.94. The summed E-state index contributed by atoms with van der Waals surface area (Å²) in [5.41, 5.74) is 0.784. The summed E-state index contributed by atoms with van der Waals surface area (Å²) in [6, 6.07) is 9.87. The lowest BCUT2D eigenvalue weighted by Crippen LogP contribution is -2.48. The molecular weight excluding hydrogens is 453 g/mol. The molecule has 8 nitrogen and oxygen atoms in total. The number of halogens is 1. The van der Waals surface area contributed by atoms with Crippen LogP contribution in [0, 0.1) is 11.7 Å². The highest BCUT2D eigenvalue weighted by atomic mass is 19.1. The molecule has 0 aliphatic carbocycles. The number of fused-ring (bicyclic) bond motifs is 1. The fraction of sp³-hybridized carbons (Fsp3) is 0.423. The summed E-state index contributed by atoms with van der Waals surface area (Å²) in [5, 5.41) is 2.71. The van der Waals surface area contributed by atoms with Gasteiger partial charge in [-0.1, -0.05) is 13.0 Å². The highest BCUT2D eigenvalue weighted by molar-refractivity contribution is 6.05. The van der Waals surface area contributed by atoms with Crippen LogP contribution in [0.15, 0.2) is 42.5 Å². The molecule has 0 fully saturated rings. The number of nitrogens with zero attached hydrogens (tertiary/aromatic N) is 2. The molecule has 1 heterocycles. The molecular formula is C26H32FN3O5. The van der Waals surface area contributed by atoms with Crippen molar-refractivity contribution in [3.63, 3.8) is 0 Å². The third kappa shape index (κ3) is 6.36. The van der Waals surface area contributed by atoms with Crippen LogP contribution in [0.1, 0.15) is 41.5 Å². The molecule has 9 heteroatoms. The van der Waals surface area contributed by atoms with E-state index in [1.807, 2.05) is 13.8 Å². The molecule has 3 atom stereocenters. The van der Waals surface area contributed by atoms with E-state index in [0.717, 1.165) is 6.07 Å². The molecule has 2 aromatic rings. The van der Waals surface area contributed by atoms with E-state index >= 15 is 0 Å². The quantitative estimate of drug-likeness (QED) is 0.720. The molecule has 2 aromatic carbocycles. The Bertz CT molecular complexity index is 1090. The van der Waals surface area contributed by atoms with E-state index in [9.17, 15) is 18.8 Å². The van der Waals surface area contributed by atoms with E-state index in [2.05, 4.69) is 5.32 Å². The first-order valence-electron chi connectivity index (χ1n) is 11.5. The third-order valence-corrected chi connectivity index (χ3v) is 6.19. The predicted molar refractivity (Wildman–Crippen MR) is 130 cm³/mol. The Balaban J connectivity index is 1.94. The second kappa shape index (κ2) is 11.3. The molecule has 1 N–H and O–H groups in total. The van der Waals surface area contributed by atoms with E-state index in [-0.39, 0.29) is 47.6 Å². The first kappa shape index (κ1) is 26.2. The fourth-order valence-corrected chi connectivity index (χ4v) is 4.13. The second-order valence-corrected chi connectivity index (χ2v) is 8.94. The smallest absolute Gasteiger partial charge is 0.257 e. The van der Waals surface area contributed by atoms with Gasteiger partial charge >= 0.3 is 0 Å². The largest absolute Gasteiger partial charge is 0.491 e. The van der Waals surface area contributed by atoms with Crippen LogP contribution in [0.25, 0.3) is 0 Å². The van der Waals surface area contributed by atoms with E-state index < -0.39 is 11.7 Å². The van der Waals surface area contributed by atoms with Crippen LogP contribution >= 0.6 is 0 Å². The summed E-state index contributed by atoms with van der Waals surface area (Å²) in [4.78, 5) is 41.6. The van der Waals surface area contributed by atoms with Crippen molar-refractivity contribution in [2.24, 2.45) is 5.92 Å². The van der Waals surface area contributed by atoms with Gasteiger partial charge in [0, 0.05) is 51.3 Å². The molecule has 1 aliphatic rings. The Hall–Kier alpha value is -3.46. The van der Waals surface area contributed by atoms with Crippen molar-refractivity contribution in [3.05, 3.63) is 59.4 Å². The first-order chi connectivity index (χ1) is 16.6. The minimum absolute atomic E-state index is 0.0302. The third-order valence-electron chi connectivity index (χ3n) is 6.19. The number of rotatable bonds is 3. The van der Waals surface area contributed by atoms with Crippen molar-refractivity contribution >= 4 is 23.4 Å². The Morgan fingerprint density at radius 1 is 1.14 bits per heavy atom. The standard InChI is InChI=1S/C26H32FN3O5/c1-16-13-30(18(3)31)17(2)15-35-23-10-9-21(28-25(32)19-7-6-8-20(27)11-19)12-22(23)26(33)29(4)14-24(16)34-5/h6-12,16-17,24H,13-15H2,1-5H3,(H,28,32)/t16-,17-,24-/m0/s1. The zero-order valence-corrected chi connectivity index (χ0v) is 20.7. The van der Waals surface area contributed by atoms with Gasteiger partial charge in [-0.25, -0.2) is 4.39 Å². The zero-order valence-electron chi connectivity index (χ0n) is 20.7. The predicted octanol–water partition coefficient (Wildman–Crippen LogP) is 3.43. The molecule has 3 amide bonds. The SMILES string of the molecule is CO[C@H]1CN(C)C(=O)c2cc(NC(=O)c3cccc(F)c3)ccc2OC[C@H](C)N(C(C)=O)C[C@@H]1C. The monoisotopic (exact) mass is 485 g/mol. The number of ether oxygens (including phenoxy) is 2. The maximum Gasteiger partial charge on any atom is 0.257 e. The summed E-state index contributed by atoms with van der Waals surface area (Å²) in [6.45, 7) is 6.35. The van der Waals surface area contributed by atoms with Crippen LogP contribution < -0.4 is 10.1 Å². The number of nitrogens with one attached hydrogen (secondary N) is 1. The number of amides is 3. The van der Waals surface area contributed by atoms with Crippen LogP contribution in [-0.4, -0.2) is 73.5 Å². The Kier molecular flexibility index (Phi) is 8.45. The summed E-state index contributed by atoms with van der Waals surface area (Å²) < 4.78 is 25.2. The van der Waals surface area contributed by atoms with Gasteiger partial charge in [0.25, 0.3) is 11.8 Å². The van der Waals surface area contributed by atoms with Crippen LogP contribution in [0.3, 0.4) is 0 Å². The lowest BCUT2D eigenvalue weighted by atomic mass is 10.0. The van der Waals surface area contributed by atoms with Crippen molar-refractivity contribution in [2.45, 2.75) is 32.9 Å². The number of anilines is 1. The molecule has 0 aromatic heterocycles. The number of carbonyl (C=O) groups excluding carboxylic acids is 3. The number of benzene rings is 2. The number of hydrogen-bond acceptors (Lipinski definition) is 5. The highest BCUT2D eigenvalue weighted by Gasteiger charge is 2.29. The van der Waals surface area contributed by atoms with E-state index in [0.29, 0.717) is 24.5 Å². The van der Waals surface area contributed by atoms with Gasteiger partial charge < -0.3 is 24.6 Å². The minimum Gasteiger partial charge on any atom is -0.491 e. The average molecular weight is 486 g/mol. The topological polar surface area (TPSA) is 88.2 Å². The van der Waals surface area contributed by atoms with Crippen LogP contribution in [-0.2, 0) is 9.53 Å². The van der Waals surface area contributed by atoms with Crippen molar-refractivity contribution in [3.8, 4) is 5.75 Å². The molecule has 1 aliphatic heterocycles. The lowest BCUT2D eigenvalue weighted by molar-refractivity contribution is -0.133. The lowest BCUT2D eigenvalue weighted by Gasteiger charge is -2.35. The molecule has 35 heavy (non-hydrogen) atoms. The van der Waals surface area contributed by atoms with Crippen LogP contribution in [0.2, 0.25) is 0 Å². The average Bonchev–Trinajstić information content (AvgIpc) is 2.83. The van der Waals surface area contributed by atoms with Crippen molar-refractivity contribution in [2.75, 3.05) is 39.2 Å². The Morgan fingerprint density at radius 2 is 1.89 bits per heavy atom. The van der Waals surface area contributed by atoms with E-state index in [1.54, 1.807) is 31.2 Å². The van der Waals surface area contributed by atoms with Crippen molar-refractivity contribution < 1.29 is 28.2 Å².